The fraction of sp³-hybridized carbons (Fsp3) is 0.350. The molecule has 2 aromatic rings. The van der Waals surface area contributed by atoms with E-state index in [0.717, 1.165) is 30.8 Å². The second-order valence-corrected chi connectivity index (χ2v) is 6.72. The Balaban J connectivity index is 1.47. The fourth-order valence-electron chi connectivity index (χ4n) is 3.07. The average Bonchev–Trinajstić information content (AvgIpc) is 2.69. The summed E-state index contributed by atoms with van der Waals surface area (Å²) in [6, 6.07) is 15.8. The standard InChI is InChI=1S/C20H24ClN3O2/c1-26-18-9-5-8-17(19(18)21)15-23-10-12-24(13-11-23)20(25)22-14-16-6-3-2-4-7-16/h2-9H,10-15H2,1H3,(H,22,25). The van der Waals surface area contributed by atoms with Crippen LogP contribution in [0.4, 0.5) is 4.79 Å². The van der Waals surface area contributed by atoms with Gasteiger partial charge in [0.2, 0.25) is 0 Å². The number of urea groups is 1. The number of hydrogen-bond acceptors (Lipinski definition) is 3. The van der Waals surface area contributed by atoms with Crippen LogP contribution in [0.1, 0.15) is 11.1 Å². The van der Waals surface area contributed by atoms with Crippen LogP contribution in [0.25, 0.3) is 0 Å². The SMILES string of the molecule is COc1cccc(CN2CCN(C(=O)NCc3ccccc3)CC2)c1Cl. The number of piperazine rings is 1. The first-order valence-electron chi connectivity index (χ1n) is 8.78. The second kappa shape index (κ2) is 8.92. The first kappa shape index (κ1) is 18.5. The highest BCUT2D eigenvalue weighted by Gasteiger charge is 2.21. The number of halogens is 1. The Bertz CT molecular complexity index is 731. The summed E-state index contributed by atoms with van der Waals surface area (Å²) in [5.41, 5.74) is 2.15. The molecule has 0 aromatic heterocycles. The first-order chi connectivity index (χ1) is 12.7. The molecule has 0 saturated carbocycles. The molecule has 3 rings (SSSR count). The molecule has 0 bridgehead atoms. The second-order valence-electron chi connectivity index (χ2n) is 6.34. The number of ether oxygens (including phenoxy) is 1. The average molecular weight is 374 g/mol. The van der Waals surface area contributed by atoms with E-state index in [4.69, 9.17) is 16.3 Å². The molecule has 2 aromatic carbocycles. The molecular formula is C20H24ClN3O2. The van der Waals surface area contributed by atoms with Gasteiger partial charge >= 0.3 is 6.03 Å². The summed E-state index contributed by atoms with van der Waals surface area (Å²) in [4.78, 5) is 16.5. The lowest BCUT2D eigenvalue weighted by Crippen LogP contribution is -2.51. The van der Waals surface area contributed by atoms with E-state index in [9.17, 15) is 4.79 Å². The van der Waals surface area contributed by atoms with E-state index in [2.05, 4.69) is 10.2 Å². The Hall–Kier alpha value is -2.24. The zero-order chi connectivity index (χ0) is 18.4. The lowest BCUT2D eigenvalue weighted by atomic mass is 10.2. The molecule has 0 aliphatic carbocycles. The third-order valence-electron chi connectivity index (χ3n) is 4.60. The van der Waals surface area contributed by atoms with Crippen LogP contribution in [0.5, 0.6) is 5.75 Å². The van der Waals surface area contributed by atoms with Crippen molar-refractivity contribution in [2.24, 2.45) is 0 Å². The van der Waals surface area contributed by atoms with Crippen molar-refractivity contribution in [2.75, 3.05) is 33.3 Å². The van der Waals surface area contributed by atoms with Crippen LogP contribution in [-0.2, 0) is 13.1 Å². The van der Waals surface area contributed by atoms with E-state index in [0.29, 0.717) is 30.4 Å². The molecule has 1 N–H and O–H groups in total. The van der Waals surface area contributed by atoms with Gasteiger partial charge in [-0.25, -0.2) is 4.79 Å². The van der Waals surface area contributed by atoms with Gasteiger partial charge in [0.1, 0.15) is 5.75 Å². The minimum absolute atomic E-state index is 0.00656. The maximum Gasteiger partial charge on any atom is 0.317 e. The van der Waals surface area contributed by atoms with E-state index in [1.165, 1.54) is 0 Å². The van der Waals surface area contributed by atoms with E-state index in [-0.39, 0.29) is 6.03 Å². The normalized spacial score (nSPS) is 14.9. The summed E-state index contributed by atoms with van der Waals surface area (Å²) in [6.45, 7) is 4.39. The molecule has 1 fully saturated rings. The minimum Gasteiger partial charge on any atom is -0.495 e. The first-order valence-corrected chi connectivity index (χ1v) is 9.15. The van der Waals surface area contributed by atoms with Crippen molar-refractivity contribution in [2.45, 2.75) is 13.1 Å². The van der Waals surface area contributed by atoms with Gasteiger partial charge in [-0.15, -0.1) is 0 Å². The Kier molecular flexibility index (Phi) is 6.36. The number of methoxy groups -OCH3 is 1. The van der Waals surface area contributed by atoms with Crippen LogP contribution < -0.4 is 10.1 Å². The van der Waals surface area contributed by atoms with Crippen LogP contribution in [-0.4, -0.2) is 49.1 Å². The quantitative estimate of drug-likeness (QED) is 0.873. The van der Waals surface area contributed by atoms with Crippen molar-refractivity contribution in [3.8, 4) is 5.75 Å². The van der Waals surface area contributed by atoms with E-state index in [1.54, 1.807) is 7.11 Å². The summed E-state index contributed by atoms with van der Waals surface area (Å²) in [5, 5.41) is 3.65. The lowest BCUT2D eigenvalue weighted by Gasteiger charge is -2.34. The highest BCUT2D eigenvalue weighted by Crippen LogP contribution is 2.28. The van der Waals surface area contributed by atoms with Gasteiger partial charge in [0.25, 0.3) is 0 Å². The number of carbonyl (C=O) groups is 1. The van der Waals surface area contributed by atoms with Crippen LogP contribution >= 0.6 is 11.6 Å². The zero-order valence-corrected chi connectivity index (χ0v) is 15.7. The van der Waals surface area contributed by atoms with Gasteiger partial charge in [-0.05, 0) is 17.2 Å². The number of benzene rings is 2. The highest BCUT2D eigenvalue weighted by atomic mass is 35.5. The topological polar surface area (TPSA) is 44.8 Å². The molecular weight excluding hydrogens is 350 g/mol. The lowest BCUT2D eigenvalue weighted by molar-refractivity contribution is 0.135. The number of nitrogens with zero attached hydrogens (tertiary/aromatic N) is 2. The molecule has 2 amide bonds. The third kappa shape index (κ3) is 4.68. The van der Waals surface area contributed by atoms with E-state index in [1.807, 2.05) is 53.4 Å². The summed E-state index contributed by atoms with van der Waals surface area (Å²) in [6.07, 6.45) is 0. The molecule has 0 atom stereocenters. The molecule has 5 nitrogen and oxygen atoms in total. The Morgan fingerprint density at radius 3 is 2.50 bits per heavy atom. The number of hydrogen-bond donors (Lipinski definition) is 1. The molecule has 1 saturated heterocycles. The van der Waals surface area contributed by atoms with Crippen molar-refractivity contribution in [3.05, 3.63) is 64.7 Å². The molecule has 6 heteroatoms. The molecule has 1 aliphatic rings. The number of nitrogens with one attached hydrogen (secondary N) is 1. The van der Waals surface area contributed by atoms with Gasteiger partial charge < -0.3 is 15.0 Å². The largest absolute Gasteiger partial charge is 0.495 e. The summed E-state index contributed by atoms with van der Waals surface area (Å²) in [7, 11) is 1.62. The number of amides is 2. The molecule has 1 aliphatic heterocycles. The minimum atomic E-state index is -0.00656. The van der Waals surface area contributed by atoms with Gasteiger partial charge in [-0.2, -0.15) is 0 Å². The van der Waals surface area contributed by atoms with E-state index < -0.39 is 0 Å². The predicted octanol–water partition coefficient (Wildman–Crippen LogP) is 3.38. The van der Waals surface area contributed by atoms with Crippen molar-refractivity contribution in [3.63, 3.8) is 0 Å². The molecule has 26 heavy (non-hydrogen) atoms. The van der Waals surface area contributed by atoms with Gasteiger partial charge in [0.05, 0.1) is 12.1 Å². The number of carbonyl (C=O) groups excluding carboxylic acids is 1. The Morgan fingerprint density at radius 2 is 1.81 bits per heavy atom. The Morgan fingerprint density at radius 1 is 1.08 bits per heavy atom. The molecule has 0 unspecified atom stereocenters. The van der Waals surface area contributed by atoms with Crippen molar-refractivity contribution in [1.82, 2.24) is 15.1 Å². The predicted molar refractivity (Wildman–Crippen MR) is 104 cm³/mol. The molecule has 0 spiro atoms. The van der Waals surface area contributed by atoms with Crippen molar-refractivity contribution >= 4 is 17.6 Å². The molecule has 1 heterocycles. The Labute approximate surface area is 159 Å². The molecule has 138 valence electrons. The summed E-state index contributed by atoms with van der Waals surface area (Å²) < 4.78 is 5.28. The van der Waals surface area contributed by atoms with Gasteiger partial charge in [0, 0.05) is 39.3 Å². The van der Waals surface area contributed by atoms with Gasteiger partial charge in [0.15, 0.2) is 0 Å². The van der Waals surface area contributed by atoms with Crippen LogP contribution in [0.3, 0.4) is 0 Å². The maximum atomic E-state index is 12.3. The van der Waals surface area contributed by atoms with Crippen LogP contribution in [0, 0.1) is 0 Å². The number of rotatable bonds is 5. The van der Waals surface area contributed by atoms with Crippen LogP contribution in [0.2, 0.25) is 5.02 Å². The van der Waals surface area contributed by atoms with E-state index >= 15 is 0 Å². The van der Waals surface area contributed by atoms with Crippen LogP contribution in [0.15, 0.2) is 48.5 Å². The molecule has 0 radical (unpaired) electrons. The third-order valence-corrected chi connectivity index (χ3v) is 5.03. The maximum absolute atomic E-state index is 12.3. The summed E-state index contributed by atoms with van der Waals surface area (Å²) >= 11 is 6.38. The fourth-order valence-corrected chi connectivity index (χ4v) is 3.33. The van der Waals surface area contributed by atoms with Crippen molar-refractivity contribution in [1.29, 1.82) is 0 Å². The monoisotopic (exact) mass is 373 g/mol. The smallest absolute Gasteiger partial charge is 0.317 e. The van der Waals surface area contributed by atoms with Gasteiger partial charge in [-0.3, -0.25) is 4.90 Å². The highest BCUT2D eigenvalue weighted by molar-refractivity contribution is 6.32. The summed E-state index contributed by atoms with van der Waals surface area (Å²) in [5.74, 6) is 0.697. The zero-order valence-electron chi connectivity index (χ0n) is 15.0. The van der Waals surface area contributed by atoms with Crippen molar-refractivity contribution < 1.29 is 9.53 Å². The van der Waals surface area contributed by atoms with Gasteiger partial charge in [-0.1, -0.05) is 54.1 Å².